The first-order chi connectivity index (χ1) is 9.59. The highest BCUT2D eigenvalue weighted by atomic mass is 32.3. The highest BCUT2D eigenvalue weighted by molar-refractivity contribution is 7.79. The van der Waals surface area contributed by atoms with Gasteiger partial charge in [-0.25, -0.2) is 0 Å². The number of hydrogen-bond donors (Lipinski definition) is 4. The lowest BCUT2D eigenvalue weighted by Gasteiger charge is -2.11. The van der Waals surface area contributed by atoms with Crippen molar-refractivity contribution in [2.75, 3.05) is 11.5 Å². The Morgan fingerprint density at radius 1 is 0.857 bits per heavy atom. The lowest BCUT2D eigenvalue weighted by atomic mass is 9.96. The summed E-state index contributed by atoms with van der Waals surface area (Å²) in [7, 11) is -4.67. The summed E-state index contributed by atoms with van der Waals surface area (Å²) in [5.74, 6) is 0. The summed E-state index contributed by atoms with van der Waals surface area (Å²) in [6.07, 6.45) is 0. The first-order valence-corrected chi connectivity index (χ1v) is 7.40. The van der Waals surface area contributed by atoms with E-state index < -0.39 is 10.4 Å². The summed E-state index contributed by atoms with van der Waals surface area (Å²) in [6, 6.07) is 11.9. The average molecular weight is 310 g/mol. The zero-order valence-corrected chi connectivity index (χ0v) is 12.6. The molecule has 0 saturated carbocycles. The molecule has 2 aromatic carbocycles. The summed E-state index contributed by atoms with van der Waals surface area (Å²) in [5, 5.41) is 0. The van der Waals surface area contributed by atoms with Crippen molar-refractivity contribution in [1.29, 1.82) is 0 Å². The number of anilines is 2. The van der Waals surface area contributed by atoms with Crippen LogP contribution in [0.5, 0.6) is 0 Å². The number of nitrogens with two attached hydrogens (primary N) is 2. The molecule has 0 bridgehead atoms. The van der Waals surface area contributed by atoms with Crippen LogP contribution in [-0.4, -0.2) is 17.5 Å². The molecule has 0 saturated heterocycles. The van der Waals surface area contributed by atoms with Crippen LogP contribution in [-0.2, 0) is 10.4 Å². The molecule has 6 nitrogen and oxygen atoms in total. The third-order valence-corrected chi connectivity index (χ3v) is 3.05. The highest BCUT2D eigenvalue weighted by Crippen LogP contribution is 2.28. The minimum Gasteiger partial charge on any atom is -0.399 e. The van der Waals surface area contributed by atoms with Gasteiger partial charge in [-0.05, 0) is 54.3 Å². The lowest BCUT2D eigenvalue weighted by molar-refractivity contribution is 0.381. The van der Waals surface area contributed by atoms with Crippen molar-refractivity contribution in [2.24, 2.45) is 0 Å². The Morgan fingerprint density at radius 2 is 1.33 bits per heavy atom. The molecule has 21 heavy (non-hydrogen) atoms. The van der Waals surface area contributed by atoms with Gasteiger partial charge in [-0.2, -0.15) is 8.42 Å². The Morgan fingerprint density at radius 3 is 1.81 bits per heavy atom. The predicted molar refractivity (Wildman–Crippen MR) is 84.4 cm³/mol. The zero-order chi connectivity index (χ0) is 16.2. The first-order valence-electron chi connectivity index (χ1n) is 6.01. The lowest BCUT2D eigenvalue weighted by Crippen LogP contribution is -1.94. The second kappa shape index (κ2) is 6.57. The van der Waals surface area contributed by atoms with Gasteiger partial charge in [0.2, 0.25) is 0 Å². The second-order valence-electron chi connectivity index (χ2n) is 4.52. The zero-order valence-electron chi connectivity index (χ0n) is 11.7. The molecule has 0 aliphatic heterocycles. The van der Waals surface area contributed by atoms with Crippen LogP contribution in [0.2, 0.25) is 0 Å². The summed E-state index contributed by atoms with van der Waals surface area (Å²) in [4.78, 5) is 0. The fourth-order valence-corrected chi connectivity index (χ4v) is 1.82. The third-order valence-electron chi connectivity index (χ3n) is 3.05. The van der Waals surface area contributed by atoms with E-state index in [9.17, 15) is 0 Å². The molecule has 114 valence electrons. The van der Waals surface area contributed by atoms with E-state index in [0.717, 1.165) is 16.9 Å². The molecule has 0 spiro atoms. The maximum absolute atomic E-state index is 8.74. The summed E-state index contributed by atoms with van der Waals surface area (Å²) < 4.78 is 31.6. The van der Waals surface area contributed by atoms with Crippen LogP contribution in [0.4, 0.5) is 11.4 Å². The quantitative estimate of drug-likeness (QED) is 0.473. The Kier molecular flexibility index (Phi) is 5.31. The van der Waals surface area contributed by atoms with Gasteiger partial charge in [-0.15, -0.1) is 0 Å². The average Bonchev–Trinajstić information content (AvgIpc) is 2.36. The highest BCUT2D eigenvalue weighted by Gasteiger charge is 2.05. The van der Waals surface area contributed by atoms with Crippen LogP contribution in [0, 0.1) is 13.8 Å². The largest absolute Gasteiger partial charge is 0.399 e. The van der Waals surface area contributed by atoms with Crippen molar-refractivity contribution in [3.05, 3.63) is 47.5 Å². The minimum absolute atomic E-state index is 0.786. The number of rotatable bonds is 1. The van der Waals surface area contributed by atoms with Crippen LogP contribution in [0.25, 0.3) is 11.1 Å². The smallest absolute Gasteiger partial charge is 0.394 e. The predicted octanol–water partition coefficient (Wildman–Crippen LogP) is 2.48. The molecule has 0 amide bonds. The van der Waals surface area contributed by atoms with E-state index in [1.807, 2.05) is 37.3 Å². The molecule has 6 N–H and O–H groups in total. The Balaban J connectivity index is 0.000000383. The van der Waals surface area contributed by atoms with E-state index in [0.29, 0.717) is 0 Å². The normalized spacial score (nSPS) is 10.7. The molecule has 2 rings (SSSR count). The van der Waals surface area contributed by atoms with Crippen molar-refractivity contribution in [2.45, 2.75) is 13.8 Å². The van der Waals surface area contributed by atoms with Crippen LogP contribution in [0.1, 0.15) is 11.1 Å². The topological polar surface area (TPSA) is 127 Å². The molecule has 2 aromatic rings. The summed E-state index contributed by atoms with van der Waals surface area (Å²) in [5.41, 5.74) is 17.9. The van der Waals surface area contributed by atoms with Gasteiger partial charge in [0.1, 0.15) is 0 Å². The van der Waals surface area contributed by atoms with Crippen LogP contribution in [0.3, 0.4) is 0 Å². The molecule has 0 radical (unpaired) electrons. The van der Waals surface area contributed by atoms with Gasteiger partial charge in [0, 0.05) is 11.4 Å². The van der Waals surface area contributed by atoms with Gasteiger partial charge in [0.25, 0.3) is 0 Å². The van der Waals surface area contributed by atoms with Gasteiger partial charge in [0.05, 0.1) is 0 Å². The molecule has 7 heteroatoms. The van der Waals surface area contributed by atoms with E-state index in [1.54, 1.807) is 0 Å². The molecule has 0 atom stereocenters. The number of nitrogen functional groups attached to an aromatic ring is 2. The Labute approximate surface area is 124 Å². The van der Waals surface area contributed by atoms with Crippen LogP contribution in [0.15, 0.2) is 36.4 Å². The standard InChI is InChI=1S/C14H16N2.H2O4S/c1-9-10(2)14(16)8-7-13(9)11-3-5-12(15)6-4-11;1-5(2,3)4/h3-8H,15-16H2,1-2H3;(H2,1,2,3,4). The SMILES string of the molecule is Cc1c(N)ccc(-c2ccc(N)cc2)c1C.O=S(=O)(O)O. The maximum Gasteiger partial charge on any atom is 0.394 e. The Bertz CT molecular complexity index is 717. The second-order valence-corrected chi connectivity index (χ2v) is 5.42. The molecule has 0 heterocycles. The maximum atomic E-state index is 8.74. The fraction of sp³-hybridized carbons (Fsp3) is 0.143. The minimum atomic E-state index is -4.67. The van der Waals surface area contributed by atoms with Crippen molar-refractivity contribution < 1.29 is 17.5 Å². The molecule has 0 aliphatic rings. The Hall–Kier alpha value is -2.09. The number of hydrogen-bond acceptors (Lipinski definition) is 4. The molecular formula is C14H18N2O4S. The van der Waals surface area contributed by atoms with Crippen LogP contribution < -0.4 is 11.5 Å². The summed E-state index contributed by atoms with van der Waals surface area (Å²) >= 11 is 0. The van der Waals surface area contributed by atoms with E-state index in [2.05, 4.69) is 13.0 Å². The molecule has 0 unspecified atom stereocenters. The summed E-state index contributed by atoms with van der Waals surface area (Å²) in [6.45, 7) is 4.14. The third kappa shape index (κ3) is 5.42. The molecule has 0 aliphatic carbocycles. The van der Waals surface area contributed by atoms with E-state index in [-0.39, 0.29) is 0 Å². The van der Waals surface area contributed by atoms with E-state index in [1.165, 1.54) is 16.7 Å². The van der Waals surface area contributed by atoms with Gasteiger partial charge >= 0.3 is 10.4 Å². The molecular weight excluding hydrogens is 292 g/mol. The van der Waals surface area contributed by atoms with Crippen molar-refractivity contribution in [3.63, 3.8) is 0 Å². The van der Waals surface area contributed by atoms with Gasteiger partial charge in [0.15, 0.2) is 0 Å². The monoisotopic (exact) mass is 310 g/mol. The van der Waals surface area contributed by atoms with Gasteiger partial charge < -0.3 is 11.5 Å². The van der Waals surface area contributed by atoms with Crippen molar-refractivity contribution >= 4 is 21.8 Å². The van der Waals surface area contributed by atoms with E-state index in [4.69, 9.17) is 29.0 Å². The number of benzene rings is 2. The molecule has 0 aromatic heterocycles. The van der Waals surface area contributed by atoms with Crippen molar-refractivity contribution in [3.8, 4) is 11.1 Å². The van der Waals surface area contributed by atoms with Gasteiger partial charge in [-0.3, -0.25) is 9.11 Å². The van der Waals surface area contributed by atoms with Crippen LogP contribution >= 0.6 is 0 Å². The first kappa shape index (κ1) is 17.0. The van der Waals surface area contributed by atoms with E-state index >= 15 is 0 Å². The van der Waals surface area contributed by atoms with Gasteiger partial charge in [-0.1, -0.05) is 18.2 Å². The molecule has 0 fully saturated rings. The van der Waals surface area contributed by atoms with Crippen molar-refractivity contribution in [1.82, 2.24) is 0 Å². The fourth-order valence-electron chi connectivity index (χ4n) is 1.82.